The fourth-order valence-electron chi connectivity index (χ4n) is 4.03. The van der Waals surface area contributed by atoms with Gasteiger partial charge >= 0.3 is 0 Å². The first-order valence-corrected chi connectivity index (χ1v) is 13.8. The van der Waals surface area contributed by atoms with Crippen LogP contribution in [0.1, 0.15) is 25.0 Å². The van der Waals surface area contributed by atoms with E-state index >= 15 is 0 Å². The van der Waals surface area contributed by atoms with Crippen LogP contribution in [0.3, 0.4) is 0 Å². The van der Waals surface area contributed by atoms with E-state index in [2.05, 4.69) is 141 Å². The molecular formula is C29H31NP2. The van der Waals surface area contributed by atoms with E-state index in [4.69, 9.17) is 0 Å². The van der Waals surface area contributed by atoms with E-state index in [9.17, 15) is 0 Å². The van der Waals surface area contributed by atoms with Crippen molar-refractivity contribution in [2.45, 2.75) is 33.7 Å². The maximum absolute atomic E-state index is 2.82. The van der Waals surface area contributed by atoms with E-state index in [1.54, 1.807) is 0 Å². The lowest BCUT2D eigenvalue weighted by molar-refractivity contribution is 0.583. The Balaban J connectivity index is 1.99. The molecule has 0 aliphatic rings. The second-order valence-electron chi connectivity index (χ2n) is 8.28. The van der Waals surface area contributed by atoms with Crippen molar-refractivity contribution in [1.82, 2.24) is 4.44 Å². The summed E-state index contributed by atoms with van der Waals surface area (Å²) in [5.74, 6) is 0. The molecule has 0 spiro atoms. The van der Waals surface area contributed by atoms with Gasteiger partial charge in [-0.05, 0) is 60.0 Å². The zero-order valence-corrected chi connectivity index (χ0v) is 21.1. The van der Waals surface area contributed by atoms with Gasteiger partial charge in [0.1, 0.15) is 0 Å². The topological polar surface area (TPSA) is 3.24 Å². The Labute approximate surface area is 195 Å². The number of hydrogen-bond donors (Lipinski definition) is 0. The minimum Gasteiger partial charge on any atom is -0.242 e. The second-order valence-corrected chi connectivity index (χ2v) is 12.7. The van der Waals surface area contributed by atoms with E-state index in [0.717, 1.165) is 0 Å². The second kappa shape index (κ2) is 10.5. The minimum absolute atomic E-state index is 0.381. The molecule has 0 bridgehead atoms. The zero-order chi connectivity index (χ0) is 22.5. The molecular weight excluding hydrogens is 424 g/mol. The molecule has 0 heterocycles. The first-order valence-electron chi connectivity index (χ1n) is 11.2. The number of hydrogen-bond acceptors (Lipinski definition) is 1. The highest BCUT2D eigenvalue weighted by Gasteiger charge is 2.34. The van der Waals surface area contributed by atoms with Crippen LogP contribution in [-0.2, 0) is 0 Å². The number of benzene rings is 4. The van der Waals surface area contributed by atoms with E-state index < -0.39 is 16.1 Å². The molecule has 1 nitrogen and oxygen atoms in total. The van der Waals surface area contributed by atoms with Crippen molar-refractivity contribution in [2.75, 3.05) is 0 Å². The molecule has 4 rings (SSSR count). The lowest BCUT2D eigenvalue weighted by atomic mass is 10.2. The largest absolute Gasteiger partial charge is 0.242 e. The lowest BCUT2D eigenvalue weighted by Crippen LogP contribution is -2.36. The van der Waals surface area contributed by atoms with Crippen LogP contribution in [-0.4, -0.2) is 10.5 Å². The first kappa shape index (κ1) is 22.9. The van der Waals surface area contributed by atoms with Gasteiger partial charge in [0.25, 0.3) is 0 Å². The smallest absolute Gasteiger partial charge is 0.0331 e. The van der Waals surface area contributed by atoms with Gasteiger partial charge in [0, 0.05) is 22.2 Å². The molecule has 0 aliphatic carbocycles. The van der Waals surface area contributed by atoms with Crippen LogP contribution in [0.2, 0.25) is 0 Å². The number of aryl methyl sites for hydroxylation is 2. The summed E-state index contributed by atoms with van der Waals surface area (Å²) >= 11 is 0. The quantitative estimate of drug-likeness (QED) is 0.291. The van der Waals surface area contributed by atoms with Gasteiger partial charge in [0.05, 0.1) is 0 Å². The molecule has 0 saturated carbocycles. The summed E-state index contributed by atoms with van der Waals surface area (Å²) in [5, 5.41) is 5.70. The van der Waals surface area contributed by atoms with Gasteiger partial charge in [0.2, 0.25) is 0 Å². The van der Waals surface area contributed by atoms with E-state index in [1.807, 2.05) is 0 Å². The van der Waals surface area contributed by atoms with Crippen molar-refractivity contribution >= 4 is 37.4 Å². The SMILES string of the molecule is Cc1ccccc1P(c1ccccc1C)N(C(C)C)P(c1ccccc1)c1ccccc1. The monoisotopic (exact) mass is 455 g/mol. The number of nitrogens with zero attached hydrogens (tertiary/aromatic N) is 1. The normalized spacial score (nSPS) is 11.6. The van der Waals surface area contributed by atoms with Crippen molar-refractivity contribution in [3.05, 3.63) is 120 Å². The Kier molecular flexibility index (Phi) is 7.54. The van der Waals surface area contributed by atoms with Gasteiger partial charge in [0.15, 0.2) is 0 Å². The van der Waals surface area contributed by atoms with Crippen LogP contribution in [0.5, 0.6) is 0 Å². The minimum atomic E-state index is -0.720. The summed E-state index contributed by atoms with van der Waals surface area (Å²) in [5.41, 5.74) is 2.73. The summed E-state index contributed by atoms with van der Waals surface area (Å²) in [6, 6.07) is 40.4. The molecule has 32 heavy (non-hydrogen) atoms. The van der Waals surface area contributed by atoms with Gasteiger partial charge in [-0.1, -0.05) is 109 Å². The molecule has 4 aromatic rings. The predicted octanol–water partition coefficient (Wildman–Crippen LogP) is 6.41. The third kappa shape index (κ3) is 4.87. The maximum Gasteiger partial charge on any atom is 0.0331 e. The van der Waals surface area contributed by atoms with Gasteiger partial charge in [-0.15, -0.1) is 0 Å². The average molecular weight is 456 g/mol. The average Bonchev–Trinajstić information content (AvgIpc) is 2.82. The van der Waals surface area contributed by atoms with Crippen LogP contribution < -0.4 is 21.2 Å². The fraction of sp³-hybridized carbons (Fsp3) is 0.172. The Morgan fingerprint density at radius 3 is 1.25 bits per heavy atom. The van der Waals surface area contributed by atoms with Crippen molar-refractivity contribution in [3.63, 3.8) is 0 Å². The Bertz CT molecular complexity index is 1060. The molecule has 3 heteroatoms. The molecule has 0 radical (unpaired) electrons. The van der Waals surface area contributed by atoms with Crippen LogP contribution in [0.25, 0.3) is 0 Å². The molecule has 0 aromatic heterocycles. The molecule has 0 fully saturated rings. The third-order valence-electron chi connectivity index (χ3n) is 5.56. The third-order valence-corrected chi connectivity index (χ3v) is 11.9. The summed E-state index contributed by atoms with van der Waals surface area (Å²) in [7, 11) is -1.42. The van der Waals surface area contributed by atoms with Crippen molar-refractivity contribution in [3.8, 4) is 0 Å². The molecule has 162 valence electrons. The van der Waals surface area contributed by atoms with Gasteiger partial charge < -0.3 is 0 Å². The van der Waals surface area contributed by atoms with Gasteiger partial charge in [-0.3, -0.25) is 0 Å². The zero-order valence-electron chi connectivity index (χ0n) is 19.3. The highest BCUT2D eigenvalue weighted by Crippen LogP contribution is 2.56. The first-order chi connectivity index (χ1) is 15.6. The highest BCUT2D eigenvalue weighted by atomic mass is 31.2. The van der Waals surface area contributed by atoms with Gasteiger partial charge in [-0.2, -0.15) is 0 Å². The molecule has 0 unspecified atom stereocenters. The predicted molar refractivity (Wildman–Crippen MR) is 145 cm³/mol. The molecule has 4 aromatic carbocycles. The standard InChI is InChI=1S/C29H31NP2/c1-23(2)30(31(26-17-7-5-8-18-26)27-19-9-6-10-20-27)32(28-21-13-11-15-24(28)3)29-22-14-12-16-25(29)4/h5-23H,1-4H3. The summed E-state index contributed by atoms with van der Waals surface area (Å²) < 4.78 is 2.82. The Morgan fingerprint density at radius 2 is 0.875 bits per heavy atom. The molecule has 0 atom stereocenters. The summed E-state index contributed by atoms with van der Waals surface area (Å²) in [6.45, 7) is 9.23. The lowest BCUT2D eigenvalue weighted by Gasteiger charge is -2.42. The van der Waals surface area contributed by atoms with Crippen LogP contribution >= 0.6 is 16.1 Å². The van der Waals surface area contributed by atoms with Crippen molar-refractivity contribution in [2.24, 2.45) is 0 Å². The van der Waals surface area contributed by atoms with Crippen molar-refractivity contribution in [1.29, 1.82) is 0 Å². The molecule has 0 amide bonds. The van der Waals surface area contributed by atoms with E-state index in [1.165, 1.54) is 32.3 Å². The fourth-order valence-corrected chi connectivity index (χ4v) is 10.5. The molecule has 0 aliphatic heterocycles. The Morgan fingerprint density at radius 1 is 0.500 bits per heavy atom. The number of rotatable bonds is 7. The van der Waals surface area contributed by atoms with Crippen LogP contribution in [0.15, 0.2) is 109 Å². The summed E-state index contributed by atoms with van der Waals surface area (Å²) in [6.07, 6.45) is 0. The van der Waals surface area contributed by atoms with E-state index in [0.29, 0.717) is 6.04 Å². The Hall–Kier alpha value is -2.30. The van der Waals surface area contributed by atoms with Gasteiger partial charge in [-0.25, -0.2) is 4.44 Å². The van der Waals surface area contributed by atoms with Crippen LogP contribution in [0.4, 0.5) is 0 Å². The van der Waals surface area contributed by atoms with Crippen LogP contribution in [0, 0.1) is 13.8 Å². The summed E-state index contributed by atoms with van der Waals surface area (Å²) in [4.78, 5) is 0. The molecule has 0 N–H and O–H groups in total. The van der Waals surface area contributed by atoms with Crippen molar-refractivity contribution < 1.29 is 0 Å². The molecule has 0 saturated heterocycles. The highest BCUT2D eigenvalue weighted by molar-refractivity contribution is 7.84. The van der Waals surface area contributed by atoms with E-state index in [-0.39, 0.29) is 0 Å². The maximum atomic E-state index is 2.82.